The van der Waals surface area contributed by atoms with Crippen LogP contribution in [0.1, 0.15) is 45.1 Å². The molecule has 2 N–H and O–H groups in total. The number of rotatable bonds is 1. The minimum atomic E-state index is -1.00. The molecule has 0 radical (unpaired) electrons. The molecule has 1 heterocycles. The molecule has 2 nitrogen and oxygen atoms in total. The number of nitrogens with two attached hydrogens (primary N) is 1. The fourth-order valence-corrected chi connectivity index (χ4v) is 1.41. The van der Waals surface area contributed by atoms with Crippen molar-refractivity contribution in [1.82, 2.24) is 4.98 Å². The average molecular weight is 196 g/mol. The van der Waals surface area contributed by atoms with Crippen LogP contribution in [-0.2, 0) is 5.41 Å². The van der Waals surface area contributed by atoms with E-state index in [-0.39, 0.29) is 5.41 Å². The second-order valence-corrected chi connectivity index (χ2v) is 4.54. The lowest BCUT2D eigenvalue weighted by molar-refractivity contribution is 0.364. The van der Waals surface area contributed by atoms with Gasteiger partial charge < -0.3 is 5.73 Å². The Hall–Kier alpha value is -1.12. The van der Waals surface area contributed by atoms with Crippen LogP contribution in [-0.4, -0.2) is 4.98 Å². The summed E-state index contributed by atoms with van der Waals surface area (Å²) in [6, 6.07) is 3.36. The van der Waals surface area contributed by atoms with Gasteiger partial charge in [-0.05, 0) is 13.0 Å². The number of aromatic nitrogens is 1. The monoisotopic (exact) mass is 196 g/mol. The van der Waals surface area contributed by atoms with Crippen LogP contribution in [0, 0.1) is 0 Å². The summed E-state index contributed by atoms with van der Waals surface area (Å²) in [7, 11) is 0. The van der Waals surface area contributed by atoms with Crippen molar-refractivity contribution >= 4 is 5.82 Å². The predicted molar refractivity (Wildman–Crippen MR) is 56.9 cm³/mol. The van der Waals surface area contributed by atoms with Crippen LogP contribution in [0.25, 0.3) is 0 Å². The summed E-state index contributed by atoms with van der Waals surface area (Å²) in [6.45, 7) is 7.52. The van der Waals surface area contributed by atoms with Gasteiger partial charge in [-0.15, -0.1) is 0 Å². The molecule has 1 atom stereocenters. The molecule has 3 heteroatoms. The Morgan fingerprint density at radius 1 is 1.36 bits per heavy atom. The highest BCUT2D eigenvalue weighted by Gasteiger charge is 2.22. The lowest BCUT2D eigenvalue weighted by Gasteiger charge is -2.22. The predicted octanol–water partition coefficient (Wildman–Crippen LogP) is 2.99. The number of halogens is 1. The van der Waals surface area contributed by atoms with E-state index in [0.717, 1.165) is 5.69 Å². The van der Waals surface area contributed by atoms with Crippen LogP contribution in [0.2, 0.25) is 0 Å². The van der Waals surface area contributed by atoms with Gasteiger partial charge in [0, 0.05) is 11.0 Å². The molecule has 0 amide bonds. The normalized spacial score (nSPS) is 14.1. The van der Waals surface area contributed by atoms with Gasteiger partial charge in [-0.3, -0.25) is 0 Å². The van der Waals surface area contributed by atoms with Crippen molar-refractivity contribution in [2.24, 2.45) is 0 Å². The molecule has 1 aromatic heterocycles. The first-order valence-corrected chi connectivity index (χ1v) is 4.73. The van der Waals surface area contributed by atoms with E-state index in [1.54, 1.807) is 12.1 Å². The second kappa shape index (κ2) is 3.56. The van der Waals surface area contributed by atoms with Gasteiger partial charge in [0.15, 0.2) is 0 Å². The Balaban J connectivity index is 3.30. The van der Waals surface area contributed by atoms with Crippen molar-refractivity contribution < 1.29 is 4.39 Å². The second-order valence-electron chi connectivity index (χ2n) is 4.54. The van der Waals surface area contributed by atoms with Crippen LogP contribution in [0.15, 0.2) is 12.1 Å². The molecule has 78 valence electrons. The molecule has 0 fully saturated rings. The number of alkyl halides is 1. The Labute approximate surface area is 84.3 Å². The first-order valence-electron chi connectivity index (χ1n) is 4.73. The van der Waals surface area contributed by atoms with E-state index in [0.29, 0.717) is 11.4 Å². The van der Waals surface area contributed by atoms with Crippen LogP contribution >= 0.6 is 0 Å². The van der Waals surface area contributed by atoms with Crippen molar-refractivity contribution in [2.45, 2.75) is 39.3 Å². The van der Waals surface area contributed by atoms with E-state index in [9.17, 15) is 4.39 Å². The maximum Gasteiger partial charge on any atom is 0.124 e. The maximum atomic E-state index is 13.3. The smallest absolute Gasteiger partial charge is 0.124 e. The van der Waals surface area contributed by atoms with Crippen LogP contribution < -0.4 is 5.73 Å². The average Bonchev–Trinajstić information content (AvgIpc) is 2.01. The summed E-state index contributed by atoms with van der Waals surface area (Å²) in [6.07, 6.45) is -1.00. The van der Waals surface area contributed by atoms with Gasteiger partial charge in [0.25, 0.3) is 0 Å². The molecule has 1 rings (SSSR count). The summed E-state index contributed by atoms with van der Waals surface area (Å²) in [4.78, 5) is 4.20. The van der Waals surface area contributed by atoms with E-state index in [1.165, 1.54) is 6.92 Å². The molecule has 0 saturated heterocycles. The molecule has 1 unspecified atom stereocenters. The van der Waals surface area contributed by atoms with Crippen LogP contribution in [0.4, 0.5) is 10.2 Å². The highest BCUT2D eigenvalue weighted by atomic mass is 19.1. The third kappa shape index (κ3) is 2.22. The quantitative estimate of drug-likeness (QED) is 0.750. The maximum absolute atomic E-state index is 13.3. The topological polar surface area (TPSA) is 38.9 Å². The molecule has 0 bridgehead atoms. The van der Waals surface area contributed by atoms with Crippen molar-refractivity contribution in [1.29, 1.82) is 0 Å². The zero-order valence-corrected chi connectivity index (χ0v) is 9.13. The number of hydrogen-bond donors (Lipinski definition) is 1. The van der Waals surface area contributed by atoms with E-state index in [1.807, 2.05) is 20.8 Å². The number of pyridine rings is 1. The molecular formula is C11H17FN2. The van der Waals surface area contributed by atoms with Crippen LogP contribution in [0.5, 0.6) is 0 Å². The molecule has 0 spiro atoms. The first-order chi connectivity index (χ1) is 6.32. The number of nitrogen functional groups attached to an aromatic ring is 1. The fourth-order valence-electron chi connectivity index (χ4n) is 1.41. The fraction of sp³-hybridized carbons (Fsp3) is 0.545. The van der Waals surface area contributed by atoms with Gasteiger partial charge in [-0.25, -0.2) is 9.37 Å². The van der Waals surface area contributed by atoms with Gasteiger partial charge in [0.2, 0.25) is 0 Å². The van der Waals surface area contributed by atoms with E-state index in [2.05, 4.69) is 4.98 Å². The van der Waals surface area contributed by atoms with Gasteiger partial charge in [-0.1, -0.05) is 26.8 Å². The van der Waals surface area contributed by atoms with Gasteiger partial charge >= 0.3 is 0 Å². The first kappa shape index (κ1) is 11.0. The zero-order chi connectivity index (χ0) is 10.9. The summed E-state index contributed by atoms with van der Waals surface area (Å²) in [5.74, 6) is 0.444. The SMILES string of the molecule is CC(F)c1ccc(N)nc1C(C)(C)C. The molecule has 0 saturated carbocycles. The highest BCUT2D eigenvalue weighted by molar-refractivity contribution is 5.38. The minimum Gasteiger partial charge on any atom is -0.384 e. The molecule has 0 aromatic carbocycles. The molecule has 1 aromatic rings. The van der Waals surface area contributed by atoms with Crippen molar-refractivity contribution in [3.63, 3.8) is 0 Å². The van der Waals surface area contributed by atoms with Crippen molar-refractivity contribution in [2.75, 3.05) is 5.73 Å². The molecule has 0 aliphatic rings. The van der Waals surface area contributed by atoms with E-state index < -0.39 is 6.17 Å². The zero-order valence-electron chi connectivity index (χ0n) is 9.13. The molecular weight excluding hydrogens is 179 g/mol. The Morgan fingerprint density at radius 2 is 1.93 bits per heavy atom. The minimum absolute atomic E-state index is 0.176. The molecule has 14 heavy (non-hydrogen) atoms. The largest absolute Gasteiger partial charge is 0.384 e. The third-order valence-corrected chi connectivity index (χ3v) is 2.09. The molecule has 0 aliphatic heterocycles. The number of hydrogen-bond acceptors (Lipinski definition) is 2. The van der Waals surface area contributed by atoms with E-state index in [4.69, 9.17) is 5.73 Å². The van der Waals surface area contributed by atoms with Gasteiger partial charge in [-0.2, -0.15) is 0 Å². The summed E-state index contributed by atoms with van der Waals surface area (Å²) >= 11 is 0. The Kier molecular flexibility index (Phi) is 2.79. The van der Waals surface area contributed by atoms with Gasteiger partial charge in [0.1, 0.15) is 12.0 Å². The van der Waals surface area contributed by atoms with E-state index >= 15 is 0 Å². The highest BCUT2D eigenvalue weighted by Crippen LogP contribution is 2.30. The Morgan fingerprint density at radius 3 is 2.36 bits per heavy atom. The summed E-state index contributed by atoms with van der Waals surface area (Å²) in [5.41, 5.74) is 6.79. The lowest BCUT2D eigenvalue weighted by atomic mass is 9.87. The Bertz CT molecular complexity index is 327. The van der Waals surface area contributed by atoms with Crippen molar-refractivity contribution in [3.8, 4) is 0 Å². The summed E-state index contributed by atoms with van der Waals surface area (Å²) < 4.78 is 13.3. The van der Waals surface area contributed by atoms with Crippen LogP contribution in [0.3, 0.4) is 0 Å². The number of nitrogens with zero attached hydrogens (tertiary/aromatic N) is 1. The third-order valence-electron chi connectivity index (χ3n) is 2.09. The lowest BCUT2D eigenvalue weighted by Crippen LogP contribution is -2.17. The standard InChI is InChI=1S/C11H17FN2/c1-7(12)8-5-6-9(13)14-10(8)11(2,3)4/h5-7H,1-4H3,(H2,13,14). The van der Waals surface area contributed by atoms with Crippen molar-refractivity contribution in [3.05, 3.63) is 23.4 Å². The molecule has 0 aliphatic carbocycles. The summed E-state index contributed by atoms with van der Waals surface area (Å²) in [5, 5.41) is 0. The van der Waals surface area contributed by atoms with Gasteiger partial charge in [0.05, 0.1) is 5.69 Å². The number of anilines is 1.